The number of benzene rings is 2. The minimum absolute atomic E-state index is 0.244. The molecule has 0 bridgehead atoms. The minimum Gasteiger partial charge on any atom is -0.481 e. The summed E-state index contributed by atoms with van der Waals surface area (Å²) in [5.74, 6) is 0.303. The van der Waals surface area contributed by atoms with Crippen LogP contribution in [0.5, 0.6) is 5.75 Å². The highest BCUT2D eigenvalue weighted by Crippen LogP contribution is 2.27. The summed E-state index contributed by atoms with van der Waals surface area (Å²) in [4.78, 5) is 13.9. The molecule has 0 unspecified atom stereocenters. The van der Waals surface area contributed by atoms with Gasteiger partial charge in [-0.15, -0.1) is 10.2 Å². The van der Waals surface area contributed by atoms with Crippen LogP contribution < -0.4 is 9.64 Å². The second-order valence-electron chi connectivity index (χ2n) is 5.60. The fraction of sp³-hybridized carbons (Fsp3) is 0.167. The number of anilines is 1. The lowest BCUT2D eigenvalue weighted by Crippen LogP contribution is -2.32. The van der Waals surface area contributed by atoms with Crippen molar-refractivity contribution in [3.05, 3.63) is 60.7 Å². The van der Waals surface area contributed by atoms with Gasteiger partial charge in [0.05, 0.1) is 5.69 Å². The Bertz CT molecular complexity index is 881. The van der Waals surface area contributed by atoms with Gasteiger partial charge >= 0.3 is 0 Å². The second kappa shape index (κ2) is 6.35. The lowest BCUT2D eigenvalue weighted by Gasteiger charge is -2.17. The van der Waals surface area contributed by atoms with Crippen molar-refractivity contribution in [2.75, 3.05) is 11.4 Å². The van der Waals surface area contributed by atoms with E-state index in [1.807, 2.05) is 0 Å². The third-order valence-electron chi connectivity index (χ3n) is 4.04. The SMILES string of the molecule is O=C1[C@@H](Oc2ccc(-c3nnco3)cc2)CCN1c1ccccc1F. The fourth-order valence-corrected chi connectivity index (χ4v) is 2.81. The van der Waals surface area contributed by atoms with Crippen LogP contribution in [0, 0.1) is 5.82 Å². The van der Waals surface area contributed by atoms with Gasteiger partial charge in [0.15, 0.2) is 6.10 Å². The second-order valence-corrected chi connectivity index (χ2v) is 5.60. The summed E-state index contributed by atoms with van der Waals surface area (Å²) in [7, 11) is 0. The average Bonchev–Trinajstić information content (AvgIpc) is 3.28. The van der Waals surface area contributed by atoms with Crippen LogP contribution in [0.1, 0.15) is 6.42 Å². The molecule has 0 spiro atoms. The number of ether oxygens (including phenoxy) is 1. The quantitative estimate of drug-likeness (QED) is 0.731. The first-order chi connectivity index (χ1) is 12.2. The van der Waals surface area contributed by atoms with E-state index in [1.54, 1.807) is 42.5 Å². The van der Waals surface area contributed by atoms with Crippen LogP contribution in [0.25, 0.3) is 11.5 Å². The van der Waals surface area contributed by atoms with E-state index in [1.165, 1.54) is 17.4 Å². The molecule has 4 rings (SSSR count). The number of carbonyl (C=O) groups excluding carboxylic acids is 1. The van der Waals surface area contributed by atoms with Crippen molar-refractivity contribution in [2.45, 2.75) is 12.5 Å². The van der Waals surface area contributed by atoms with Gasteiger partial charge in [0.1, 0.15) is 11.6 Å². The van der Waals surface area contributed by atoms with Crippen molar-refractivity contribution in [3.8, 4) is 17.2 Å². The summed E-state index contributed by atoms with van der Waals surface area (Å²) < 4.78 is 24.8. The smallest absolute Gasteiger partial charge is 0.268 e. The highest BCUT2D eigenvalue weighted by molar-refractivity contribution is 5.99. The number of hydrogen-bond donors (Lipinski definition) is 0. The molecule has 3 aromatic rings. The zero-order valence-corrected chi connectivity index (χ0v) is 13.1. The summed E-state index contributed by atoms with van der Waals surface area (Å²) in [5, 5.41) is 7.46. The molecule has 0 N–H and O–H groups in total. The zero-order chi connectivity index (χ0) is 17.2. The molecule has 7 heteroatoms. The lowest BCUT2D eigenvalue weighted by molar-refractivity contribution is -0.122. The van der Waals surface area contributed by atoms with Crippen LogP contribution in [0.4, 0.5) is 10.1 Å². The minimum atomic E-state index is -0.631. The number of hydrogen-bond acceptors (Lipinski definition) is 5. The zero-order valence-electron chi connectivity index (χ0n) is 13.1. The molecule has 6 nitrogen and oxygen atoms in total. The third-order valence-corrected chi connectivity index (χ3v) is 4.04. The number of halogens is 1. The van der Waals surface area contributed by atoms with Gasteiger partial charge in [0.2, 0.25) is 12.3 Å². The number of rotatable bonds is 4. The molecule has 0 radical (unpaired) electrons. The molecular formula is C18H14FN3O3. The van der Waals surface area contributed by atoms with Gasteiger partial charge in [-0.2, -0.15) is 0 Å². The molecule has 1 aliphatic heterocycles. The Hall–Kier alpha value is -3.22. The maximum atomic E-state index is 13.9. The maximum Gasteiger partial charge on any atom is 0.268 e. The van der Waals surface area contributed by atoms with Crippen molar-refractivity contribution in [1.82, 2.24) is 10.2 Å². The van der Waals surface area contributed by atoms with Gasteiger partial charge < -0.3 is 14.1 Å². The highest BCUT2D eigenvalue weighted by atomic mass is 19.1. The Balaban J connectivity index is 1.47. The first kappa shape index (κ1) is 15.3. The van der Waals surface area contributed by atoms with Gasteiger partial charge in [0.25, 0.3) is 5.91 Å². The Morgan fingerprint density at radius 1 is 1.16 bits per heavy atom. The first-order valence-electron chi connectivity index (χ1n) is 7.81. The van der Waals surface area contributed by atoms with Crippen LogP contribution in [-0.2, 0) is 4.79 Å². The molecule has 1 aromatic heterocycles. The maximum absolute atomic E-state index is 13.9. The van der Waals surface area contributed by atoms with Crippen molar-refractivity contribution >= 4 is 11.6 Å². The normalized spacial score (nSPS) is 17.1. The van der Waals surface area contributed by atoms with Gasteiger partial charge in [-0.1, -0.05) is 12.1 Å². The van der Waals surface area contributed by atoms with Crippen molar-refractivity contribution in [2.24, 2.45) is 0 Å². The molecule has 1 atom stereocenters. The Morgan fingerprint density at radius 3 is 2.68 bits per heavy atom. The predicted octanol–water partition coefficient (Wildman–Crippen LogP) is 3.06. The number of nitrogens with zero attached hydrogens (tertiary/aromatic N) is 3. The van der Waals surface area contributed by atoms with Crippen LogP contribution in [0.15, 0.2) is 59.3 Å². The number of para-hydroxylation sites is 1. The Kier molecular flexibility index (Phi) is 3.89. The van der Waals surface area contributed by atoms with E-state index in [4.69, 9.17) is 9.15 Å². The molecule has 1 aliphatic rings. The number of carbonyl (C=O) groups is 1. The summed E-state index contributed by atoms with van der Waals surface area (Å²) in [6, 6.07) is 13.3. The molecular weight excluding hydrogens is 325 g/mol. The van der Waals surface area contributed by atoms with Crippen LogP contribution >= 0.6 is 0 Å². The van der Waals surface area contributed by atoms with E-state index in [-0.39, 0.29) is 11.6 Å². The monoisotopic (exact) mass is 339 g/mol. The van der Waals surface area contributed by atoms with Crippen molar-refractivity contribution in [1.29, 1.82) is 0 Å². The van der Waals surface area contributed by atoms with Gasteiger partial charge in [-0.05, 0) is 36.4 Å². The molecule has 2 heterocycles. The molecule has 0 saturated carbocycles. The molecule has 2 aromatic carbocycles. The molecule has 1 fully saturated rings. The van der Waals surface area contributed by atoms with Crippen LogP contribution in [-0.4, -0.2) is 28.8 Å². The molecule has 0 aliphatic carbocycles. The Morgan fingerprint density at radius 2 is 1.96 bits per heavy atom. The van der Waals surface area contributed by atoms with Crippen LogP contribution in [0.2, 0.25) is 0 Å². The predicted molar refractivity (Wildman–Crippen MR) is 87.5 cm³/mol. The summed E-state index contributed by atoms with van der Waals surface area (Å²) >= 11 is 0. The van der Waals surface area contributed by atoms with E-state index in [2.05, 4.69) is 10.2 Å². The molecule has 25 heavy (non-hydrogen) atoms. The largest absolute Gasteiger partial charge is 0.481 e. The number of amides is 1. The number of aromatic nitrogens is 2. The van der Waals surface area contributed by atoms with E-state index >= 15 is 0 Å². The summed E-state index contributed by atoms with van der Waals surface area (Å²) in [6.07, 6.45) is 1.13. The first-order valence-corrected chi connectivity index (χ1v) is 7.81. The highest BCUT2D eigenvalue weighted by Gasteiger charge is 2.35. The van der Waals surface area contributed by atoms with Crippen LogP contribution in [0.3, 0.4) is 0 Å². The van der Waals surface area contributed by atoms with Gasteiger partial charge in [0, 0.05) is 18.5 Å². The fourth-order valence-electron chi connectivity index (χ4n) is 2.81. The van der Waals surface area contributed by atoms with E-state index in [9.17, 15) is 9.18 Å². The van der Waals surface area contributed by atoms with E-state index in [0.29, 0.717) is 24.6 Å². The van der Waals surface area contributed by atoms with E-state index in [0.717, 1.165) is 5.56 Å². The van der Waals surface area contributed by atoms with Gasteiger partial charge in [-0.25, -0.2) is 4.39 Å². The van der Waals surface area contributed by atoms with Gasteiger partial charge in [-0.3, -0.25) is 4.79 Å². The summed E-state index contributed by atoms with van der Waals surface area (Å²) in [5.41, 5.74) is 1.04. The third kappa shape index (κ3) is 2.96. The Labute approximate surface area is 142 Å². The molecule has 1 saturated heterocycles. The summed E-state index contributed by atoms with van der Waals surface area (Å²) in [6.45, 7) is 0.421. The topological polar surface area (TPSA) is 68.5 Å². The standard InChI is InChI=1S/C18H14FN3O3/c19-14-3-1-2-4-15(14)22-10-9-16(18(22)23)25-13-7-5-12(6-8-13)17-21-20-11-24-17/h1-8,11,16H,9-10H2/t16-/m0/s1. The molecule has 1 amide bonds. The van der Waals surface area contributed by atoms with Crippen molar-refractivity contribution in [3.63, 3.8) is 0 Å². The van der Waals surface area contributed by atoms with Crippen molar-refractivity contribution < 1.29 is 18.3 Å². The van der Waals surface area contributed by atoms with E-state index < -0.39 is 11.9 Å². The lowest BCUT2D eigenvalue weighted by atomic mass is 10.2. The molecule has 126 valence electrons. The average molecular weight is 339 g/mol.